The normalized spacial score (nSPS) is 9.69. The molecular weight excluding hydrogens is 172 g/mol. The number of hydrogen-bond acceptors (Lipinski definition) is 1. The van der Waals surface area contributed by atoms with E-state index < -0.39 is 11.6 Å². The Morgan fingerprint density at radius 3 is 2.85 bits per heavy atom. The van der Waals surface area contributed by atoms with Crippen LogP contribution in [0, 0.1) is 11.6 Å². The summed E-state index contributed by atoms with van der Waals surface area (Å²) >= 11 is 0. The number of benzene rings is 1. The van der Waals surface area contributed by atoms with Gasteiger partial charge in [-0.3, -0.25) is 0 Å². The minimum Gasteiger partial charge on any atom is -0.382 e. The van der Waals surface area contributed by atoms with E-state index in [0.717, 1.165) is 24.6 Å². The molecule has 0 amide bonds. The van der Waals surface area contributed by atoms with Crippen LogP contribution in [0.5, 0.6) is 0 Å². The van der Waals surface area contributed by atoms with Gasteiger partial charge >= 0.3 is 0 Å². The summed E-state index contributed by atoms with van der Waals surface area (Å²) in [6.45, 7) is 4.08. The monoisotopic (exact) mass is 183 g/mol. The Kier molecular flexibility index (Phi) is 3.43. The summed E-state index contributed by atoms with van der Waals surface area (Å²) in [5, 5.41) is 2.77. The number of nitrogens with one attached hydrogen (secondary N) is 1. The van der Waals surface area contributed by atoms with E-state index in [-0.39, 0.29) is 5.69 Å². The molecule has 0 aliphatic carbocycles. The molecule has 0 bridgehead atoms. The second kappa shape index (κ2) is 4.60. The fourth-order valence-corrected chi connectivity index (χ4v) is 0.942. The first-order chi connectivity index (χ1) is 6.24. The largest absolute Gasteiger partial charge is 0.382 e. The Bertz CT molecular complexity index is 297. The van der Waals surface area contributed by atoms with Gasteiger partial charge in [-0.2, -0.15) is 0 Å². The maximum atomic E-state index is 12.9. The lowest BCUT2D eigenvalue weighted by atomic mass is 10.3. The van der Waals surface area contributed by atoms with Crippen LogP contribution < -0.4 is 5.32 Å². The van der Waals surface area contributed by atoms with E-state index in [9.17, 15) is 8.78 Å². The van der Waals surface area contributed by atoms with Crippen LogP contribution in [0.2, 0.25) is 0 Å². The molecule has 1 aromatic rings. The molecule has 0 aliphatic heterocycles. The Hall–Kier alpha value is -1.38. The summed E-state index contributed by atoms with van der Waals surface area (Å²) in [7, 11) is 0. The highest BCUT2D eigenvalue weighted by Gasteiger charge is 2.01. The summed E-state index contributed by atoms with van der Waals surface area (Å²) in [5.74, 6) is -0.882. The van der Waals surface area contributed by atoms with Crippen molar-refractivity contribution in [3.63, 3.8) is 0 Å². The van der Waals surface area contributed by atoms with E-state index >= 15 is 0 Å². The van der Waals surface area contributed by atoms with Crippen molar-refractivity contribution in [2.24, 2.45) is 0 Å². The van der Waals surface area contributed by atoms with Crippen molar-refractivity contribution in [3.8, 4) is 0 Å². The molecule has 1 aromatic carbocycles. The molecule has 0 heterocycles. The lowest BCUT2D eigenvalue weighted by Crippen LogP contribution is -2.02. The highest BCUT2D eigenvalue weighted by molar-refractivity contribution is 5.44. The maximum Gasteiger partial charge on any atom is 0.146 e. The maximum absolute atomic E-state index is 12.9. The smallest absolute Gasteiger partial charge is 0.146 e. The molecule has 1 N–H and O–H groups in total. The predicted octanol–water partition coefficient (Wildman–Crippen LogP) is 2.95. The molecule has 13 heavy (non-hydrogen) atoms. The zero-order valence-electron chi connectivity index (χ0n) is 7.19. The molecule has 0 saturated carbocycles. The van der Waals surface area contributed by atoms with Crippen molar-refractivity contribution in [2.45, 2.75) is 6.42 Å². The molecular formula is C10H11F2N. The summed E-state index contributed by atoms with van der Waals surface area (Å²) < 4.78 is 25.6. The topological polar surface area (TPSA) is 12.0 Å². The van der Waals surface area contributed by atoms with E-state index in [0.29, 0.717) is 6.54 Å². The van der Waals surface area contributed by atoms with Crippen molar-refractivity contribution in [1.82, 2.24) is 0 Å². The number of hydrogen-bond donors (Lipinski definition) is 1. The van der Waals surface area contributed by atoms with Gasteiger partial charge < -0.3 is 5.32 Å². The standard InChI is InChI=1S/C10H11F2N/c1-2-3-6-13-10-7-8(11)4-5-9(10)12/h2,4-5,7,13H,1,3,6H2. The zero-order chi connectivity index (χ0) is 9.68. The van der Waals surface area contributed by atoms with Gasteiger partial charge in [-0.1, -0.05) is 6.08 Å². The fraction of sp³-hybridized carbons (Fsp3) is 0.200. The summed E-state index contributed by atoms with van der Waals surface area (Å²) in [5.41, 5.74) is 0.196. The summed E-state index contributed by atoms with van der Waals surface area (Å²) in [6, 6.07) is 3.33. The third kappa shape index (κ3) is 2.86. The van der Waals surface area contributed by atoms with Crippen molar-refractivity contribution in [2.75, 3.05) is 11.9 Å². The Labute approximate surface area is 76.1 Å². The average Bonchev–Trinajstić information content (AvgIpc) is 2.11. The number of anilines is 1. The van der Waals surface area contributed by atoms with Gasteiger partial charge in [0.15, 0.2) is 0 Å². The van der Waals surface area contributed by atoms with Crippen LogP contribution in [0.1, 0.15) is 6.42 Å². The summed E-state index contributed by atoms with van der Waals surface area (Å²) in [6.07, 6.45) is 2.43. The van der Waals surface area contributed by atoms with E-state index in [1.165, 1.54) is 0 Å². The quantitative estimate of drug-likeness (QED) is 0.559. The van der Waals surface area contributed by atoms with E-state index in [2.05, 4.69) is 11.9 Å². The molecule has 1 nitrogen and oxygen atoms in total. The van der Waals surface area contributed by atoms with Crippen LogP contribution in [-0.2, 0) is 0 Å². The van der Waals surface area contributed by atoms with Crippen molar-refractivity contribution in [3.05, 3.63) is 42.5 Å². The third-order valence-corrected chi connectivity index (χ3v) is 1.59. The van der Waals surface area contributed by atoms with Gasteiger partial charge in [0.25, 0.3) is 0 Å². The zero-order valence-corrected chi connectivity index (χ0v) is 7.19. The van der Waals surface area contributed by atoms with Crippen LogP contribution in [0.15, 0.2) is 30.9 Å². The van der Waals surface area contributed by atoms with Crippen LogP contribution >= 0.6 is 0 Å². The average molecular weight is 183 g/mol. The minimum absolute atomic E-state index is 0.196. The number of halogens is 2. The molecule has 0 aromatic heterocycles. The Morgan fingerprint density at radius 1 is 1.38 bits per heavy atom. The first kappa shape index (κ1) is 9.71. The molecule has 0 aliphatic rings. The highest BCUT2D eigenvalue weighted by Crippen LogP contribution is 2.14. The molecule has 0 spiro atoms. The van der Waals surface area contributed by atoms with Gasteiger partial charge in [-0.05, 0) is 24.6 Å². The molecule has 1 rings (SSSR count). The van der Waals surface area contributed by atoms with Crippen LogP contribution in [0.25, 0.3) is 0 Å². The van der Waals surface area contributed by atoms with Gasteiger partial charge in [0, 0.05) is 6.54 Å². The molecule has 0 atom stereocenters. The van der Waals surface area contributed by atoms with Crippen molar-refractivity contribution in [1.29, 1.82) is 0 Å². The van der Waals surface area contributed by atoms with Crippen LogP contribution in [-0.4, -0.2) is 6.54 Å². The lowest BCUT2D eigenvalue weighted by molar-refractivity contribution is 0.602. The van der Waals surface area contributed by atoms with E-state index in [1.54, 1.807) is 6.08 Å². The predicted molar refractivity (Wildman–Crippen MR) is 49.7 cm³/mol. The minimum atomic E-state index is -0.442. The fourth-order valence-electron chi connectivity index (χ4n) is 0.942. The SMILES string of the molecule is C=CCCNc1cc(F)ccc1F. The Balaban J connectivity index is 2.64. The lowest BCUT2D eigenvalue weighted by Gasteiger charge is -2.05. The molecule has 3 heteroatoms. The van der Waals surface area contributed by atoms with Gasteiger partial charge in [0.1, 0.15) is 11.6 Å². The molecule has 70 valence electrons. The van der Waals surface area contributed by atoms with Gasteiger partial charge in [0.2, 0.25) is 0 Å². The van der Waals surface area contributed by atoms with Crippen molar-refractivity contribution < 1.29 is 8.78 Å². The second-order valence-electron chi connectivity index (χ2n) is 2.63. The van der Waals surface area contributed by atoms with Crippen LogP contribution in [0.3, 0.4) is 0 Å². The molecule has 0 fully saturated rings. The van der Waals surface area contributed by atoms with E-state index in [4.69, 9.17) is 0 Å². The molecule has 0 saturated heterocycles. The molecule has 0 radical (unpaired) electrons. The van der Waals surface area contributed by atoms with Gasteiger partial charge in [-0.25, -0.2) is 8.78 Å². The first-order valence-electron chi connectivity index (χ1n) is 4.04. The van der Waals surface area contributed by atoms with Gasteiger partial charge in [0.05, 0.1) is 5.69 Å². The Morgan fingerprint density at radius 2 is 2.15 bits per heavy atom. The van der Waals surface area contributed by atoms with Crippen LogP contribution in [0.4, 0.5) is 14.5 Å². The molecule has 0 unspecified atom stereocenters. The third-order valence-electron chi connectivity index (χ3n) is 1.59. The van der Waals surface area contributed by atoms with Crippen molar-refractivity contribution >= 4 is 5.69 Å². The van der Waals surface area contributed by atoms with Gasteiger partial charge in [-0.15, -0.1) is 6.58 Å². The number of rotatable bonds is 4. The summed E-state index contributed by atoms with van der Waals surface area (Å²) in [4.78, 5) is 0. The highest BCUT2D eigenvalue weighted by atomic mass is 19.1. The first-order valence-corrected chi connectivity index (χ1v) is 4.04. The van der Waals surface area contributed by atoms with E-state index in [1.807, 2.05) is 0 Å². The second-order valence-corrected chi connectivity index (χ2v) is 2.63.